The van der Waals surface area contributed by atoms with Crippen LogP contribution in [0.25, 0.3) is 21.5 Å². The molecule has 3 rings (SSSR count). The topological polar surface area (TPSA) is 30.2 Å². The van der Waals surface area contributed by atoms with E-state index < -0.39 is 7.65 Å². The summed E-state index contributed by atoms with van der Waals surface area (Å²) >= 11 is 0. The van der Waals surface area contributed by atoms with Gasteiger partial charge in [-0.2, -0.15) is 0 Å². The fourth-order valence-electron chi connectivity index (χ4n) is 2.87. The largest absolute Gasteiger partial charge is 0.598 e. The zero-order valence-corrected chi connectivity index (χ0v) is 13.7. The van der Waals surface area contributed by atoms with Gasteiger partial charge in [0.1, 0.15) is 0 Å². The van der Waals surface area contributed by atoms with E-state index in [0.717, 1.165) is 46.3 Å². The Balaban J connectivity index is 2.50. The highest BCUT2D eigenvalue weighted by molar-refractivity contribution is 7.37. The molecule has 0 radical (unpaired) electrons. The molecule has 21 heavy (non-hydrogen) atoms. The molecule has 0 aliphatic heterocycles. The summed E-state index contributed by atoms with van der Waals surface area (Å²) in [5.74, 6) is 0. The van der Waals surface area contributed by atoms with Crippen molar-refractivity contribution in [3.8, 4) is 0 Å². The van der Waals surface area contributed by atoms with Crippen LogP contribution >= 0.6 is 7.65 Å². The maximum Gasteiger partial charge on any atom is 0.598 e. The third-order valence-corrected chi connectivity index (χ3v) is 5.40. The molecule has 1 aromatic heterocycles. The second kappa shape index (κ2) is 5.61. The number of benzene rings is 2. The quantitative estimate of drug-likeness (QED) is 0.554. The van der Waals surface area contributed by atoms with Gasteiger partial charge in [0.15, 0.2) is 5.58 Å². The lowest BCUT2D eigenvalue weighted by Crippen LogP contribution is -1.89. The van der Waals surface area contributed by atoms with Crippen LogP contribution < -0.4 is 0 Å². The van der Waals surface area contributed by atoms with Crippen molar-refractivity contribution in [3.63, 3.8) is 0 Å². The van der Waals surface area contributed by atoms with Crippen molar-refractivity contribution in [2.24, 2.45) is 0 Å². The van der Waals surface area contributed by atoms with E-state index in [1.807, 2.05) is 6.07 Å². The third kappa shape index (κ3) is 2.38. The predicted molar refractivity (Wildman–Crippen MR) is 89.5 cm³/mol. The smallest absolute Gasteiger partial charge is 0.250 e. The first-order chi connectivity index (χ1) is 10.2. The van der Waals surface area contributed by atoms with Gasteiger partial charge >= 0.3 is 7.65 Å². The SMILES string of the molecule is CCc1ccc2c(c1)o[p+](=O)c1c(CC)cc(CC)cc21. The normalized spacial score (nSPS) is 12.2. The van der Waals surface area contributed by atoms with E-state index in [1.54, 1.807) is 0 Å². The molecule has 3 aromatic rings. The van der Waals surface area contributed by atoms with Gasteiger partial charge in [-0.3, -0.25) is 0 Å². The molecule has 108 valence electrons. The summed E-state index contributed by atoms with van der Waals surface area (Å²) in [5, 5.41) is 3.06. The molecule has 0 saturated carbocycles. The molecule has 0 aliphatic carbocycles. The van der Waals surface area contributed by atoms with Crippen LogP contribution in [-0.4, -0.2) is 0 Å². The minimum atomic E-state index is -1.81. The van der Waals surface area contributed by atoms with Gasteiger partial charge in [0.2, 0.25) is 5.12 Å². The van der Waals surface area contributed by atoms with Crippen LogP contribution in [0.3, 0.4) is 0 Å². The predicted octanol–water partition coefficient (Wildman–Crippen LogP) is 6.02. The zero-order valence-electron chi connectivity index (χ0n) is 12.8. The van der Waals surface area contributed by atoms with Crippen molar-refractivity contribution < 1.29 is 8.76 Å². The summed E-state index contributed by atoms with van der Waals surface area (Å²) in [7, 11) is -1.81. The van der Waals surface area contributed by atoms with Crippen molar-refractivity contribution >= 4 is 29.1 Å². The lowest BCUT2D eigenvalue weighted by atomic mass is 10.0. The monoisotopic (exact) mass is 299 g/mol. The molecule has 1 unspecified atom stereocenters. The Hall–Kier alpha value is -1.66. The Labute approximate surface area is 125 Å². The van der Waals surface area contributed by atoms with Crippen LogP contribution in [-0.2, 0) is 23.8 Å². The Morgan fingerprint density at radius 2 is 1.67 bits per heavy atom. The molecule has 2 nitrogen and oxygen atoms in total. The van der Waals surface area contributed by atoms with Crippen molar-refractivity contribution in [2.45, 2.75) is 40.0 Å². The number of hydrogen-bond acceptors (Lipinski definition) is 2. The maximum absolute atomic E-state index is 12.6. The van der Waals surface area contributed by atoms with Gasteiger partial charge in [-0.05, 0) is 53.2 Å². The van der Waals surface area contributed by atoms with E-state index in [4.69, 9.17) is 4.20 Å². The van der Waals surface area contributed by atoms with Gasteiger partial charge in [-0.25, -0.2) is 4.20 Å². The number of rotatable bonds is 3. The van der Waals surface area contributed by atoms with Crippen LogP contribution in [0.2, 0.25) is 0 Å². The molecule has 0 N–H and O–H groups in total. The highest BCUT2D eigenvalue weighted by atomic mass is 31.1. The first kappa shape index (κ1) is 14.3. The molecule has 0 saturated heterocycles. The van der Waals surface area contributed by atoms with Crippen LogP contribution in [0.5, 0.6) is 0 Å². The molecule has 3 heteroatoms. The van der Waals surface area contributed by atoms with E-state index in [0.29, 0.717) is 0 Å². The summed E-state index contributed by atoms with van der Waals surface area (Å²) in [6.45, 7) is 6.37. The van der Waals surface area contributed by atoms with E-state index in [-0.39, 0.29) is 0 Å². The van der Waals surface area contributed by atoms with Crippen LogP contribution in [0.4, 0.5) is 0 Å². The molecular weight excluding hydrogens is 279 g/mol. The van der Waals surface area contributed by atoms with Gasteiger partial charge in [-0.1, -0.05) is 32.9 Å². The summed E-state index contributed by atoms with van der Waals surface area (Å²) in [6, 6.07) is 10.6. The summed E-state index contributed by atoms with van der Waals surface area (Å²) in [5.41, 5.74) is 4.42. The van der Waals surface area contributed by atoms with E-state index >= 15 is 0 Å². The van der Waals surface area contributed by atoms with E-state index in [2.05, 4.69) is 45.0 Å². The van der Waals surface area contributed by atoms with Crippen molar-refractivity contribution in [3.05, 3.63) is 47.0 Å². The Morgan fingerprint density at radius 3 is 2.33 bits per heavy atom. The number of hydrogen-bond donors (Lipinski definition) is 0. The number of fused-ring (bicyclic) bond motifs is 3. The van der Waals surface area contributed by atoms with Gasteiger partial charge in [0.05, 0.1) is 0 Å². The summed E-state index contributed by atoms with van der Waals surface area (Å²) in [4.78, 5) is 0. The first-order valence-corrected chi connectivity index (χ1v) is 8.80. The molecule has 0 aliphatic rings. The average Bonchev–Trinajstić information content (AvgIpc) is 2.53. The fraction of sp³-hybridized carbons (Fsp3) is 0.333. The maximum atomic E-state index is 12.6. The van der Waals surface area contributed by atoms with Crippen molar-refractivity contribution in [1.82, 2.24) is 0 Å². The van der Waals surface area contributed by atoms with Gasteiger partial charge in [0.25, 0.3) is 0 Å². The van der Waals surface area contributed by atoms with Gasteiger partial charge in [0, 0.05) is 16.3 Å². The Bertz CT molecular complexity index is 878. The molecule has 0 fully saturated rings. The minimum Gasteiger partial charge on any atom is -0.250 e. The third-order valence-electron chi connectivity index (χ3n) is 4.15. The molecule has 0 spiro atoms. The molecule has 1 atom stereocenters. The zero-order chi connectivity index (χ0) is 15.0. The average molecular weight is 299 g/mol. The van der Waals surface area contributed by atoms with Crippen LogP contribution in [0, 0.1) is 0 Å². The van der Waals surface area contributed by atoms with Crippen LogP contribution in [0.1, 0.15) is 37.5 Å². The first-order valence-electron chi connectivity index (χ1n) is 7.62. The molecule has 2 aromatic carbocycles. The molecule has 0 bridgehead atoms. The van der Waals surface area contributed by atoms with Crippen molar-refractivity contribution in [2.75, 3.05) is 0 Å². The second-order valence-electron chi connectivity index (χ2n) is 5.39. The van der Waals surface area contributed by atoms with Gasteiger partial charge in [-0.15, -0.1) is 0 Å². The number of aryl methyl sites for hydroxylation is 3. The fourth-order valence-corrected chi connectivity index (χ4v) is 4.13. The Kier molecular flexibility index (Phi) is 3.82. The lowest BCUT2D eigenvalue weighted by molar-refractivity contribution is 0.563. The van der Waals surface area contributed by atoms with Crippen molar-refractivity contribution in [1.29, 1.82) is 0 Å². The molecular formula is C18H20O2P+. The standard InChI is InChI=1S/C18H20O2P/c1-4-12-7-8-15-16-10-13(5-2)9-14(6-3)18(16)21(19)20-17(15)11-12/h7-11H,4-6H2,1-3H3/q+1. The Morgan fingerprint density at radius 1 is 0.905 bits per heavy atom. The molecule has 1 heterocycles. The van der Waals surface area contributed by atoms with E-state index in [1.165, 1.54) is 11.1 Å². The summed E-state index contributed by atoms with van der Waals surface area (Å²) in [6.07, 6.45) is 2.82. The van der Waals surface area contributed by atoms with Crippen LogP contribution in [0.15, 0.2) is 34.5 Å². The molecule has 0 amide bonds. The highest BCUT2D eigenvalue weighted by Crippen LogP contribution is 2.38. The van der Waals surface area contributed by atoms with Gasteiger partial charge < -0.3 is 0 Å². The highest BCUT2D eigenvalue weighted by Gasteiger charge is 2.21. The lowest BCUT2D eigenvalue weighted by Gasteiger charge is -2.05. The second-order valence-corrected chi connectivity index (χ2v) is 6.53. The minimum absolute atomic E-state index is 0.762. The van der Waals surface area contributed by atoms with E-state index in [9.17, 15) is 4.57 Å². The summed E-state index contributed by atoms with van der Waals surface area (Å²) < 4.78 is 18.3.